The van der Waals surface area contributed by atoms with Crippen LogP contribution in [0.4, 0.5) is 0 Å². The number of thioether (sulfide) groups is 1. The van der Waals surface area contributed by atoms with Crippen LogP contribution in [0.3, 0.4) is 0 Å². The van der Waals surface area contributed by atoms with Crippen molar-refractivity contribution >= 4 is 17.7 Å². The minimum absolute atomic E-state index is 0.0230. The minimum atomic E-state index is -0.0230. The number of nitrogens with one attached hydrogen (secondary N) is 1. The zero-order valence-electron chi connectivity index (χ0n) is 19.3. The van der Waals surface area contributed by atoms with Crippen LogP contribution in [0.15, 0.2) is 59.8 Å². The fourth-order valence-electron chi connectivity index (χ4n) is 3.21. The van der Waals surface area contributed by atoms with Gasteiger partial charge in [0.05, 0.1) is 5.75 Å². The molecule has 0 saturated heterocycles. The van der Waals surface area contributed by atoms with E-state index in [0.29, 0.717) is 24.9 Å². The third-order valence-corrected chi connectivity index (χ3v) is 5.91. The van der Waals surface area contributed by atoms with Crippen LogP contribution in [0.2, 0.25) is 0 Å². The lowest BCUT2D eigenvalue weighted by Crippen LogP contribution is -2.27. The molecule has 170 valence electrons. The Morgan fingerprint density at radius 2 is 1.78 bits per heavy atom. The van der Waals surface area contributed by atoms with Gasteiger partial charge in [0.15, 0.2) is 11.0 Å². The molecule has 0 aliphatic carbocycles. The summed E-state index contributed by atoms with van der Waals surface area (Å²) in [6.45, 7) is 10.5. The van der Waals surface area contributed by atoms with Gasteiger partial charge in [-0.3, -0.25) is 9.36 Å². The Hall–Kier alpha value is -2.64. The molecule has 0 saturated carbocycles. The maximum Gasteiger partial charge on any atom is 0.230 e. The summed E-state index contributed by atoms with van der Waals surface area (Å²) >= 11 is 1.39. The highest BCUT2D eigenvalue weighted by Gasteiger charge is 2.19. The first-order chi connectivity index (χ1) is 15.4. The van der Waals surface area contributed by atoms with Gasteiger partial charge in [0.2, 0.25) is 5.91 Å². The molecule has 3 rings (SSSR count). The zero-order valence-corrected chi connectivity index (χ0v) is 20.1. The molecule has 0 radical (unpaired) electrons. The number of aromatic nitrogens is 3. The molecule has 0 fully saturated rings. The van der Waals surface area contributed by atoms with Crippen molar-refractivity contribution in [2.24, 2.45) is 0 Å². The van der Waals surface area contributed by atoms with Crippen LogP contribution in [0, 0.1) is 0 Å². The van der Waals surface area contributed by atoms with Gasteiger partial charge in [0.25, 0.3) is 0 Å². The van der Waals surface area contributed by atoms with Crippen molar-refractivity contribution in [1.82, 2.24) is 20.1 Å². The van der Waals surface area contributed by atoms with E-state index < -0.39 is 0 Å². The molecule has 1 aromatic heterocycles. The number of ether oxygens (including phenoxy) is 1. The van der Waals surface area contributed by atoms with Gasteiger partial charge in [0.1, 0.15) is 0 Å². The summed E-state index contributed by atoms with van der Waals surface area (Å²) in [7, 11) is 0. The van der Waals surface area contributed by atoms with Crippen molar-refractivity contribution in [2.75, 3.05) is 25.5 Å². The smallest absolute Gasteiger partial charge is 0.230 e. The average molecular weight is 453 g/mol. The number of carbonyl (C=O) groups excluding carboxylic acids is 1. The number of hydrogen-bond acceptors (Lipinski definition) is 5. The maximum atomic E-state index is 12.3. The van der Waals surface area contributed by atoms with E-state index in [1.165, 1.54) is 17.3 Å². The van der Waals surface area contributed by atoms with E-state index in [-0.39, 0.29) is 17.1 Å². The van der Waals surface area contributed by atoms with Crippen molar-refractivity contribution < 1.29 is 9.53 Å². The van der Waals surface area contributed by atoms with E-state index in [0.717, 1.165) is 23.5 Å². The van der Waals surface area contributed by atoms with Gasteiger partial charge in [-0.15, -0.1) is 10.2 Å². The first-order valence-corrected chi connectivity index (χ1v) is 12.0. The minimum Gasteiger partial charge on any atom is -0.382 e. The third kappa shape index (κ3) is 6.43. The van der Waals surface area contributed by atoms with Gasteiger partial charge in [-0.25, -0.2) is 0 Å². The summed E-state index contributed by atoms with van der Waals surface area (Å²) in [5.74, 6) is 1.02. The highest BCUT2D eigenvalue weighted by molar-refractivity contribution is 7.99. The second kappa shape index (κ2) is 11.3. The Labute approximate surface area is 194 Å². The van der Waals surface area contributed by atoms with Crippen LogP contribution in [0.1, 0.15) is 39.7 Å². The Morgan fingerprint density at radius 1 is 1.06 bits per heavy atom. The standard InChI is InChI=1S/C25H32N4O2S/c1-5-31-17-9-16-26-22(30)18-32-24-28-27-23(29(24)21-10-7-6-8-11-21)19-12-14-20(15-13-19)25(2,3)4/h6-8,10-15H,5,9,16-18H2,1-4H3,(H,26,30). The van der Waals surface area contributed by atoms with Crippen LogP contribution in [0.25, 0.3) is 17.1 Å². The highest BCUT2D eigenvalue weighted by atomic mass is 32.2. The molecule has 1 N–H and O–H groups in total. The maximum absolute atomic E-state index is 12.3. The van der Waals surface area contributed by atoms with Gasteiger partial charge in [-0.2, -0.15) is 0 Å². The van der Waals surface area contributed by atoms with Crippen LogP contribution >= 0.6 is 11.8 Å². The number of para-hydroxylation sites is 1. The molecule has 32 heavy (non-hydrogen) atoms. The van der Waals surface area contributed by atoms with Crippen LogP contribution in [0.5, 0.6) is 0 Å². The number of carbonyl (C=O) groups is 1. The molecule has 0 unspecified atom stereocenters. The molecular weight excluding hydrogens is 420 g/mol. The largest absolute Gasteiger partial charge is 0.382 e. The zero-order chi connectivity index (χ0) is 23.0. The number of nitrogens with zero attached hydrogens (tertiary/aromatic N) is 3. The third-order valence-electron chi connectivity index (χ3n) is 4.98. The summed E-state index contributed by atoms with van der Waals surface area (Å²) < 4.78 is 7.31. The molecule has 3 aromatic rings. The molecule has 1 amide bonds. The Morgan fingerprint density at radius 3 is 2.44 bits per heavy atom. The lowest BCUT2D eigenvalue weighted by Gasteiger charge is -2.19. The predicted octanol–water partition coefficient (Wildman–Crippen LogP) is 4.87. The lowest BCUT2D eigenvalue weighted by molar-refractivity contribution is -0.118. The molecule has 7 heteroatoms. The molecule has 0 spiro atoms. The molecule has 0 atom stereocenters. The van der Waals surface area contributed by atoms with E-state index >= 15 is 0 Å². The summed E-state index contributed by atoms with van der Waals surface area (Å²) in [5.41, 5.74) is 3.30. The van der Waals surface area contributed by atoms with Gasteiger partial charge in [0, 0.05) is 31.0 Å². The monoisotopic (exact) mass is 452 g/mol. The van der Waals surface area contributed by atoms with Gasteiger partial charge in [-0.05, 0) is 36.5 Å². The molecule has 0 aliphatic heterocycles. The van der Waals surface area contributed by atoms with Crippen molar-refractivity contribution in [3.8, 4) is 17.1 Å². The molecule has 0 aliphatic rings. The molecule has 1 heterocycles. The highest BCUT2D eigenvalue weighted by Crippen LogP contribution is 2.30. The number of hydrogen-bond donors (Lipinski definition) is 1. The van der Waals surface area contributed by atoms with Crippen molar-refractivity contribution in [2.45, 2.75) is 44.7 Å². The topological polar surface area (TPSA) is 69.0 Å². The van der Waals surface area contributed by atoms with E-state index in [2.05, 4.69) is 60.6 Å². The fourth-order valence-corrected chi connectivity index (χ4v) is 3.99. The Kier molecular flexibility index (Phi) is 8.47. The lowest BCUT2D eigenvalue weighted by atomic mass is 9.87. The second-order valence-electron chi connectivity index (χ2n) is 8.49. The van der Waals surface area contributed by atoms with Crippen LogP contribution in [-0.4, -0.2) is 46.2 Å². The number of amides is 1. The molecule has 6 nitrogen and oxygen atoms in total. The van der Waals surface area contributed by atoms with Gasteiger partial charge in [-0.1, -0.05) is 75.0 Å². The summed E-state index contributed by atoms with van der Waals surface area (Å²) in [5, 5.41) is 12.5. The van der Waals surface area contributed by atoms with Crippen molar-refractivity contribution in [3.05, 3.63) is 60.2 Å². The summed E-state index contributed by atoms with van der Waals surface area (Å²) in [6.07, 6.45) is 0.805. The van der Waals surface area contributed by atoms with Crippen LogP contribution < -0.4 is 5.32 Å². The summed E-state index contributed by atoms with van der Waals surface area (Å²) in [4.78, 5) is 12.3. The Bertz CT molecular complexity index is 995. The van der Waals surface area contributed by atoms with E-state index in [9.17, 15) is 4.79 Å². The van der Waals surface area contributed by atoms with Gasteiger partial charge >= 0.3 is 0 Å². The normalized spacial score (nSPS) is 11.5. The first kappa shape index (κ1) is 24.0. The average Bonchev–Trinajstić information content (AvgIpc) is 3.21. The molecule has 0 bridgehead atoms. The second-order valence-corrected chi connectivity index (χ2v) is 9.44. The number of rotatable bonds is 10. The van der Waals surface area contributed by atoms with E-state index in [1.54, 1.807) is 0 Å². The van der Waals surface area contributed by atoms with Crippen molar-refractivity contribution in [1.29, 1.82) is 0 Å². The first-order valence-electron chi connectivity index (χ1n) is 11.0. The van der Waals surface area contributed by atoms with Crippen molar-refractivity contribution in [3.63, 3.8) is 0 Å². The summed E-state index contributed by atoms with van der Waals surface area (Å²) in [6, 6.07) is 18.5. The van der Waals surface area contributed by atoms with Crippen LogP contribution in [-0.2, 0) is 14.9 Å². The molecular formula is C25H32N4O2S. The fraction of sp³-hybridized carbons (Fsp3) is 0.400. The quantitative estimate of drug-likeness (QED) is 0.351. The molecule has 2 aromatic carbocycles. The SMILES string of the molecule is CCOCCCNC(=O)CSc1nnc(-c2ccc(C(C)(C)C)cc2)n1-c1ccccc1. The number of benzene rings is 2. The van der Waals surface area contributed by atoms with Gasteiger partial charge < -0.3 is 10.1 Å². The van der Waals surface area contributed by atoms with E-state index in [4.69, 9.17) is 4.74 Å². The van der Waals surface area contributed by atoms with E-state index in [1.807, 2.05) is 41.8 Å². The predicted molar refractivity (Wildman–Crippen MR) is 130 cm³/mol. The Balaban J connectivity index is 1.78.